The van der Waals surface area contributed by atoms with Gasteiger partial charge in [-0.3, -0.25) is 137 Å². The number of carbonyl (C=O) groups is 14. The third-order valence-corrected chi connectivity index (χ3v) is 29.6. The summed E-state index contributed by atoms with van der Waals surface area (Å²) in [4.78, 5) is 258. The van der Waals surface area contributed by atoms with Crippen LogP contribution in [-0.4, -0.2) is 476 Å². The maximum Gasteiger partial charge on any atom is 0.328 e. The van der Waals surface area contributed by atoms with Gasteiger partial charge < -0.3 is 54.9 Å². The first-order chi connectivity index (χ1) is 61.3. The number of ether oxygens (including phenoxy) is 8. The number of aromatic nitrogens is 4. The van der Waals surface area contributed by atoms with Crippen LogP contribution in [0.5, 0.6) is 23.0 Å². The van der Waals surface area contributed by atoms with Gasteiger partial charge in [0.2, 0.25) is 12.5 Å². The van der Waals surface area contributed by atoms with Gasteiger partial charge in [0.15, 0.2) is 116 Å². The molecule has 0 saturated carbocycles. The molecule has 0 bridgehead atoms. The Kier molecular flexibility index (Phi) is 14.4. The van der Waals surface area contributed by atoms with Gasteiger partial charge in [0, 0.05) is 12.5 Å². The van der Waals surface area contributed by atoms with E-state index in [1.807, 2.05) is 18.2 Å². The Bertz CT molecular complexity index is 5590. The molecule has 0 N–H and O–H groups in total. The van der Waals surface area contributed by atoms with Crippen LogP contribution in [0.25, 0.3) is 22.0 Å². The summed E-state index contributed by atoms with van der Waals surface area (Å²) in [6.45, 7) is -6.40. The first-order valence-electron chi connectivity index (χ1n) is 41.7. The van der Waals surface area contributed by atoms with Crippen LogP contribution in [0.3, 0.4) is 0 Å². The van der Waals surface area contributed by atoms with Crippen LogP contribution in [0, 0.1) is 0 Å². The number of aryl methyl sites for hydroxylation is 2. The number of fused-ring (bicyclic) bond motifs is 5. The molecule has 0 radical (unpaired) electrons. The van der Waals surface area contributed by atoms with Crippen LogP contribution in [0.2, 0.25) is 0 Å². The highest BCUT2D eigenvalue weighted by atomic mass is 79.9. The Morgan fingerprint density at radius 3 is 1.11 bits per heavy atom. The average Bonchev–Trinajstić information content (AvgIpc) is 1.50. The quantitative estimate of drug-likeness (QED) is 0.0700. The van der Waals surface area contributed by atoms with Gasteiger partial charge in [-0.25, -0.2) is 71.8 Å². The third-order valence-electron chi connectivity index (χ3n) is 29.6. The summed E-state index contributed by atoms with van der Waals surface area (Å²) < 4.78 is 52.0. The first kappa shape index (κ1) is 73.6. The van der Waals surface area contributed by atoms with E-state index in [0.29, 0.717) is 11.5 Å². The van der Waals surface area contributed by atoms with Crippen molar-refractivity contribution in [3.63, 3.8) is 0 Å². The molecule has 21 fully saturated rings. The lowest BCUT2D eigenvalue weighted by Crippen LogP contribution is -3.00. The van der Waals surface area contributed by atoms with Crippen molar-refractivity contribution in [2.24, 2.45) is 0 Å². The number of rotatable bonds is 17. The van der Waals surface area contributed by atoms with E-state index in [0.717, 1.165) is 56.3 Å². The number of hydrogen-bond donors (Lipinski definition) is 0. The van der Waals surface area contributed by atoms with Gasteiger partial charge >= 0.3 is 84.4 Å². The summed E-state index contributed by atoms with van der Waals surface area (Å²) in [5, 5.41) is 10.7. The molecule has 21 saturated heterocycles. The molecular weight excluding hydrogens is 1740 g/mol. The summed E-state index contributed by atoms with van der Waals surface area (Å²) in [5.74, 6) is 0.248. The molecule has 23 aliphatic heterocycles. The van der Waals surface area contributed by atoms with Crippen molar-refractivity contribution in [2.75, 3.05) is 154 Å². The summed E-state index contributed by atoms with van der Waals surface area (Å²) in [7, 11) is 1.60. The van der Waals surface area contributed by atoms with Crippen LogP contribution in [0.15, 0.2) is 42.7 Å². The number of amides is 28. The molecule has 27 rings (SSSR count). The van der Waals surface area contributed by atoms with E-state index in [1.165, 1.54) is 138 Å². The van der Waals surface area contributed by atoms with Crippen molar-refractivity contribution < 1.29 is 127 Å². The van der Waals surface area contributed by atoms with Gasteiger partial charge in [-0.2, -0.15) is 4.57 Å². The van der Waals surface area contributed by atoms with Crippen molar-refractivity contribution in [1.29, 1.82) is 0 Å². The minimum absolute atomic E-state index is 0. The molecule has 55 heteroatoms. The van der Waals surface area contributed by atoms with Crippen LogP contribution in [0.1, 0.15) is 11.3 Å². The fourth-order valence-electron chi connectivity index (χ4n) is 24.2. The Morgan fingerprint density at radius 1 is 0.402 bits per heavy atom. The second-order valence-electron chi connectivity index (χ2n) is 35.0. The third kappa shape index (κ3) is 8.88. The van der Waals surface area contributed by atoms with Gasteiger partial charge in [0.1, 0.15) is 106 Å². The summed E-state index contributed by atoms with van der Waals surface area (Å²) in [6.07, 6.45) is -13.0. The zero-order chi connectivity index (χ0) is 84.6. The highest BCUT2D eigenvalue weighted by molar-refractivity contribution is 5.97. The molecule has 2 aromatic heterocycles. The van der Waals surface area contributed by atoms with E-state index in [1.54, 1.807) is 13.3 Å². The summed E-state index contributed by atoms with van der Waals surface area (Å²) in [5.41, 5.74) is 3.51. The number of carbonyl (C=O) groups excluding carboxylic acids is 14. The summed E-state index contributed by atoms with van der Waals surface area (Å²) >= 11 is 0. The van der Waals surface area contributed by atoms with Crippen molar-refractivity contribution in [1.82, 2.24) is 152 Å². The lowest BCUT2D eigenvalue weighted by molar-refractivity contribution is -0.686. The molecular formula is C72H75BrN32O22. The van der Waals surface area contributed by atoms with Crippen LogP contribution < -0.4 is 40.5 Å². The fourth-order valence-corrected chi connectivity index (χ4v) is 24.2. The highest BCUT2D eigenvalue weighted by Crippen LogP contribution is 2.56. The number of halogens is 1. The van der Waals surface area contributed by atoms with Crippen molar-refractivity contribution in [3.8, 4) is 34.3 Å². The van der Waals surface area contributed by atoms with Crippen molar-refractivity contribution >= 4 is 95.2 Å². The zero-order valence-electron chi connectivity index (χ0n) is 67.1. The molecule has 28 amide bonds. The molecule has 54 nitrogen and oxygen atoms in total. The molecule has 0 aliphatic carbocycles. The van der Waals surface area contributed by atoms with Gasteiger partial charge in [-0.1, -0.05) is 5.21 Å². The lowest BCUT2D eigenvalue weighted by Gasteiger charge is -2.47. The van der Waals surface area contributed by atoms with Crippen LogP contribution in [-0.2, 0) is 45.1 Å². The molecule has 25 heterocycles. The zero-order valence-corrected chi connectivity index (χ0v) is 68.7. The molecule has 0 unspecified atom stereocenters. The number of benzene rings is 2. The van der Waals surface area contributed by atoms with Gasteiger partial charge in [-0.05, 0) is 35.2 Å². The second kappa shape index (κ2) is 24.9. The largest absolute Gasteiger partial charge is 1.00 e. The van der Waals surface area contributed by atoms with Gasteiger partial charge in [0.05, 0.1) is 77.0 Å². The molecule has 2 aromatic carbocycles. The number of methoxy groups -OCH3 is 1. The second-order valence-corrected chi connectivity index (χ2v) is 35.0. The maximum absolute atomic E-state index is 16.5. The normalized spacial score (nSPS) is 31.8. The van der Waals surface area contributed by atoms with Gasteiger partial charge in [0.25, 0.3) is 5.85 Å². The van der Waals surface area contributed by atoms with Crippen molar-refractivity contribution in [2.45, 2.75) is 112 Å². The topological polar surface area (TPSA) is 438 Å². The van der Waals surface area contributed by atoms with E-state index in [-0.39, 0.29) is 82.3 Å². The van der Waals surface area contributed by atoms with E-state index < -0.39 is 270 Å². The Labute approximate surface area is 724 Å². The van der Waals surface area contributed by atoms with Crippen LogP contribution in [0.4, 0.5) is 67.1 Å². The van der Waals surface area contributed by atoms with Crippen molar-refractivity contribution in [3.05, 3.63) is 54.0 Å². The van der Waals surface area contributed by atoms with E-state index in [4.69, 9.17) is 37.9 Å². The molecule has 0 spiro atoms. The predicted octanol–water partition coefficient (Wildman–Crippen LogP) is -6.94. The fraction of sp³-hybridized carbons (Fsp3) is 0.569. The highest BCUT2D eigenvalue weighted by Gasteiger charge is 2.80. The molecule has 662 valence electrons. The average molecular weight is 1820 g/mol. The maximum atomic E-state index is 16.5. The number of nitrogens with zero attached hydrogens (tertiary/aromatic N) is 32. The monoisotopic (exact) mass is 1820 g/mol. The van der Waals surface area contributed by atoms with Crippen LogP contribution >= 0.6 is 0 Å². The molecule has 127 heavy (non-hydrogen) atoms. The smallest absolute Gasteiger partial charge is 0.328 e. The number of hydrogen-bond acceptors (Lipinski definition) is 24. The predicted molar refractivity (Wildman–Crippen MR) is 396 cm³/mol. The Hall–Kier alpha value is -13.7. The van der Waals surface area contributed by atoms with E-state index in [2.05, 4.69) is 33.2 Å². The SMILES string of the molecule is COc1ccc2cc3[n+](cc2c1OCCOCCOCCOCCn1cc(COC24C5N6CN7C(=O)N8CN9C(=O)N%10CN%11C(=O)N%12CN%13C(=O)N%14CN%15C(=O)N%16CN%17C(=O)N(CN2C6=O)C2C%17N6CN%17C(=O)N(CN%18C(=O)N(CN%19C(=O)N(CN%20C(=O)N(CN%21C(=O)N(CN5C(=O)N4CN2C6=O)C7C8%21)C9C%10%20)C%11C%12%19)C%13C%14%18)C%15C%16%17)nn1)CCc1cc2c(cc1-3)OCO2.[Br-]. The lowest BCUT2D eigenvalue weighted by atomic mass is 9.95. The Morgan fingerprint density at radius 2 is 0.740 bits per heavy atom. The van der Waals surface area contributed by atoms with Gasteiger partial charge in [-0.15, -0.1) is 5.10 Å². The first-order valence-corrected chi connectivity index (χ1v) is 41.7. The minimum Gasteiger partial charge on any atom is -1.00 e. The molecule has 4 aromatic rings. The minimum atomic E-state index is -2.44. The van der Waals surface area contributed by atoms with E-state index in [9.17, 15) is 0 Å². The number of pyridine rings is 1. The Balaban J connectivity index is 0.00000836. The molecule has 23 aliphatic rings. The molecule has 0 atom stereocenters. The van der Waals surface area contributed by atoms with E-state index >= 15 is 67.1 Å². The number of urea groups is 14. The standard InChI is InChI=1S/C72H75N32O22.BrH/c1-119-41-3-2-35-14-40-38-16-43-42(124-34-125-43)15-36(38)4-5-75(40)18-39(35)44(41)123-13-12-122-11-10-121-9-8-120-7-6-76-17-37(73-74-76)19-126-72-57-101-30-97-54-53-93(66(97)113)26-89-50-49-85(62(89)109)22-81-46-45-77(58(81)105)20-79-47-48-83(60(79)107)24-87-51-52-91(64(87)111)28-95-55-56(99(68(95)115)32-103(72)70(101)117)100-33-104(72)71(118)102(57)31-98(54)67(114)94(53)27-90(50)63(110)86(49)23-82(46)59(106)78(45)21-80(47)61(108)84(48)25-88(51)65(112)92(52)29-96(55)69(100)116;/h2-3,14-18,45-57H,4-13,19-34H2,1H3;1H/q+1;/p-1. The summed E-state index contributed by atoms with van der Waals surface area (Å²) in [6, 6.07) is -0.932.